The molecule has 0 aliphatic carbocycles. The molecular weight excluding hydrogens is 634 g/mol. The summed E-state index contributed by atoms with van der Waals surface area (Å²) in [4.78, 5) is 7.69. The first-order chi connectivity index (χ1) is 22.4. The molecule has 252 valence electrons. The fourth-order valence-electron chi connectivity index (χ4n) is 7.41. The number of anilines is 4. The van der Waals surface area contributed by atoms with Crippen molar-refractivity contribution in [3.8, 4) is 20.9 Å². The lowest BCUT2D eigenvalue weighted by atomic mass is 9.85. The van der Waals surface area contributed by atoms with Gasteiger partial charge in [0, 0.05) is 55.9 Å². The summed E-state index contributed by atoms with van der Waals surface area (Å²) in [6, 6.07) is 14.1. The number of hydrogen-bond acceptors (Lipinski definition) is 8. The highest BCUT2D eigenvalue weighted by atomic mass is 32.1. The minimum atomic E-state index is -0.388. The average Bonchev–Trinajstić information content (AvgIpc) is 3.71. The minimum absolute atomic E-state index is 0.387. The highest BCUT2D eigenvalue weighted by Gasteiger charge is 2.54. The third kappa shape index (κ3) is 4.73. The van der Waals surface area contributed by atoms with E-state index in [4.69, 9.17) is 18.6 Å². The van der Waals surface area contributed by atoms with Gasteiger partial charge in [0.05, 0.1) is 43.5 Å². The van der Waals surface area contributed by atoms with Gasteiger partial charge in [0.15, 0.2) is 0 Å². The smallest absolute Gasteiger partial charge is 0.399 e. The molecule has 0 radical (unpaired) electrons. The summed E-state index contributed by atoms with van der Waals surface area (Å²) in [5.74, 6) is 0.962. The van der Waals surface area contributed by atoms with Crippen LogP contribution in [0.15, 0.2) is 36.4 Å². The number of rotatable bonds is 6. The second kappa shape index (κ2) is 10.6. The lowest BCUT2D eigenvalue weighted by Crippen LogP contribution is -2.41. The van der Waals surface area contributed by atoms with Gasteiger partial charge in [-0.3, -0.25) is 0 Å². The van der Waals surface area contributed by atoms with Crippen LogP contribution in [-0.2, 0) is 18.6 Å². The van der Waals surface area contributed by atoms with Crippen molar-refractivity contribution in [2.24, 2.45) is 11.8 Å². The quantitative estimate of drug-likeness (QED) is 0.189. The molecule has 48 heavy (non-hydrogen) atoms. The van der Waals surface area contributed by atoms with Gasteiger partial charge >= 0.3 is 14.2 Å². The Hall–Kier alpha value is -2.33. The molecule has 6 heterocycles. The summed E-state index contributed by atoms with van der Waals surface area (Å²) in [6.45, 7) is 28.1. The zero-order chi connectivity index (χ0) is 34.3. The van der Waals surface area contributed by atoms with Crippen molar-refractivity contribution in [2.75, 3.05) is 22.9 Å². The number of hydrogen-bond donors (Lipinski definition) is 0. The van der Waals surface area contributed by atoms with Crippen LogP contribution in [0.1, 0.15) is 83.1 Å². The van der Waals surface area contributed by atoms with Gasteiger partial charge in [-0.2, -0.15) is 0 Å². The van der Waals surface area contributed by atoms with E-state index in [9.17, 15) is 0 Å². The van der Waals surface area contributed by atoms with Crippen molar-refractivity contribution in [1.82, 2.24) is 0 Å². The van der Waals surface area contributed by atoms with Crippen LogP contribution in [0, 0.1) is 11.8 Å². The molecule has 0 bridgehead atoms. The molecule has 0 N–H and O–H groups in total. The predicted molar refractivity (Wildman–Crippen MR) is 206 cm³/mol. The van der Waals surface area contributed by atoms with E-state index in [0.717, 1.165) is 22.6 Å². The molecule has 0 unspecified atom stereocenters. The van der Waals surface area contributed by atoms with Gasteiger partial charge in [0.2, 0.25) is 0 Å². The van der Waals surface area contributed by atoms with Gasteiger partial charge < -0.3 is 28.4 Å². The first-order valence-corrected chi connectivity index (χ1v) is 19.2. The molecule has 8 rings (SSSR count). The van der Waals surface area contributed by atoms with Crippen molar-refractivity contribution in [2.45, 2.75) is 105 Å². The standard InChI is InChI=1S/C38H48B2N2O4S2/c1-21(2)19-41-25-15-13-24-32-26(42(20-22(3)4)28-18-30(48-34(24)28)40-45-37(9,10)38(11,12)46-40)16-14-23(31(25)32)33-27(41)17-29(47-33)39-43-35(5,6)36(7,8)44-39/h13-18,21-22H,19-20H2,1-12H3. The Morgan fingerprint density at radius 3 is 1.19 bits per heavy atom. The third-order valence-corrected chi connectivity index (χ3v) is 13.7. The maximum atomic E-state index is 6.56. The number of thiophene rings is 2. The Morgan fingerprint density at radius 2 is 0.875 bits per heavy atom. The van der Waals surface area contributed by atoms with Gasteiger partial charge in [0.25, 0.3) is 0 Å². The van der Waals surface area contributed by atoms with Crippen molar-refractivity contribution in [1.29, 1.82) is 0 Å². The van der Waals surface area contributed by atoms with E-state index in [-0.39, 0.29) is 36.6 Å². The second-order valence-corrected chi connectivity index (χ2v) is 19.1. The van der Waals surface area contributed by atoms with Crippen LogP contribution in [0.3, 0.4) is 0 Å². The summed E-state index contributed by atoms with van der Waals surface area (Å²) in [6.07, 6.45) is 0. The van der Waals surface area contributed by atoms with Crippen molar-refractivity contribution in [3.05, 3.63) is 36.4 Å². The van der Waals surface area contributed by atoms with Gasteiger partial charge in [-0.1, -0.05) is 39.8 Å². The maximum Gasteiger partial charge on any atom is 0.505 e. The summed E-state index contributed by atoms with van der Waals surface area (Å²) < 4.78 is 28.5. The van der Waals surface area contributed by atoms with Gasteiger partial charge in [0.1, 0.15) is 0 Å². The van der Waals surface area contributed by atoms with Gasteiger partial charge in [-0.25, -0.2) is 0 Å². The van der Waals surface area contributed by atoms with Crippen molar-refractivity contribution in [3.63, 3.8) is 0 Å². The first-order valence-electron chi connectivity index (χ1n) is 17.5. The van der Waals surface area contributed by atoms with Gasteiger partial charge in [-0.05, 0) is 91.5 Å². The normalized spacial score (nSPS) is 21.2. The first kappa shape index (κ1) is 32.8. The summed E-state index contributed by atoms with van der Waals surface area (Å²) >= 11 is 3.64. The Kier molecular flexibility index (Phi) is 7.25. The molecule has 0 atom stereocenters. The molecule has 6 nitrogen and oxygen atoms in total. The number of nitrogens with zero attached hydrogens (tertiary/aromatic N) is 2. The van der Waals surface area contributed by atoms with Crippen molar-refractivity contribution < 1.29 is 18.6 Å². The summed E-state index contributed by atoms with van der Waals surface area (Å²) in [7, 11) is -0.773. The molecule has 4 aliphatic rings. The Balaban J connectivity index is 1.31. The van der Waals surface area contributed by atoms with E-state index < -0.39 is 0 Å². The molecule has 0 amide bonds. The molecule has 2 saturated heterocycles. The average molecular weight is 683 g/mol. The van der Waals surface area contributed by atoms with Crippen LogP contribution in [0.5, 0.6) is 0 Å². The highest BCUT2D eigenvalue weighted by molar-refractivity contribution is 7.26. The summed E-state index contributed by atoms with van der Waals surface area (Å²) in [5, 5.41) is 2.68. The Labute approximate surface area is 295 Å². The fourth-order valence-corrected chi connectivity index (χ4v) is 9.71. The minimum Gasteiger partial charge on any atom is -0.399 e. The molecule has 2 aromatic heterocycles. The second-order valence-electron chi connectivity index (χ2n) is 16.9. The molecule has 2 aromatic carbocycles. The zero-order valence-corrected chi connectivity index (χ0v) is 32.2. The molecule has 0 spiro atoms. The van der Waals surface area contributed by atoms with E-state index in [0.29, 0.717) is 11.8 Å². The molecule has 4 aromatic rings. The Morgan fingerprint density at radius 1 is 0.542 bits per heavy atom. The third-order valence-electron chi connectivity index (χ3n) is 11.3. The lowest BCUT2D eigenvalue weighted by Gasteiger charge is -2.37. The molecule has 0 saturated carbocycles. The predicted octanol–water partition coefficient (Wildman–Crippen LogP) is 9.11. The van der Waals surface area contributed by atoms with Crippen molar-refractivity contribution >= 4 is 80.0 Å². The molecule has 2 fully saturated rings. The maximum absolute atomic E-state index is 6.56. The van der Waals surface area contributed by atoms with Gasteiger partial charge in [-0.15, -0.1) is 22.7 Å². The topological polar surface area (TPSA) is 43.4 Å². The number of fused-ring (bicyclic) bond motifs is 4. The molecule has 4 aliphatic heterocycles. The molecular formula is C38H48B2N2O4S2. The number of benzene rings is 2. The zero-order valence-electron chi connectivity index (χ0n) is 30.5. The van der Waals surface area contributed by atoms with Crippen LogP contribution in [0.2, 0.25) is 0 Å². The van der Waals surface area contributed by atoms with Crippen LogP contribution in [-0.4, -0.2) is 49.7 Å². The summed E-state index contributed by atoms with van der Waals surface area (Å²) in [5.41, 5.74) is 6.10. The lowest BCUT2D eigenvalue weighted by molar-refractivity contribution is 0.00578. The van der Waals surface area contributed by atoms with E-state index in [2.05, 4.69) is 129 Å². The van der Waals surface area contributed by atoms with E-state index >= 15 is 0 Å². The van der Waals surface area contributed by atoms with Crippen LogP contribution in [0.4, 0.5) is 22.7 Å². The highest BCUT2D eigenvalue weighted by Crippen LogP contribution is 2.58. The van der Waals surface area contributed by atoms with Crippen LogP contribution < -0.4 is 19.4 Å². The van der Waals surface area contributed by atoms with Crippen LogP contribution >= 0.6 is 22.7 Å². The van der Waals surface area contributed by atoms with Crippen LogP contribution in [0.25, 0.3) is 31.7 Å². The Bertz CT molecular complexity index is 1790. The monoisotopic (exact) mass is 682 g/mol. The van der Waals surface area contributed by atoms with E-state index in [1.54, 1.807) is 0 Å². The largest absolute Gasteiger partial charge is 0.505 e. The molecule has 10 heteroatoms. The fraction of sp³-hybridized carbons (Fsp3) is 0.526. The van der Waals surface area contributed by atoms with E-state index in [1.165, 1.54) is 54.4 Å². The SMILES string of the molecule is CC(C)CN1c2cc(B3OC(C)(C)C(C)(C)O3)sc2-c2ccc3c4c(ccc1c24)-c1sc(B2OC(C)(C)C(C)(C)O2)cc1N3CC(C)C. The van der Waals surface area contributed by atoms with E-state index in [1.807, 2.05) is 22.7 Å².